The van der Waals surface area contributed by atoms with E-state index in [0.29, 0.717) is 5.56 Å². The molecule has 2 unspecified atom stereocenters. The van der Waals surface area contributed by atoms with E-state index in [1.54, 1.807) is 20.8 Å². The van der Waals surface area contributed by atoms with Gasteiger partial charge in [-0.1, -0.05) is 50.2 Å². The highest BCUT2D eigenvalue weighted by atomic mass is 19.2. The van der Waals surface area contributed by atoms with Crippen molar-refractivity contribution >= 4 is 12.0 Å². The summed E-state index contributed by atoms with van der Waals surface area (Å²) in [5.74, 6) is -2.59. The molecule has 0 spiro atoms. The first kappa shape index (κ1) is 21.3. The first-order valence-corrected chi connectivity index (χ1v) is 9.00. The van der Waals surface area contributed by atoms with Gasteiger partial charge in [-0.25, -0.2) is 13.6 Å². The number of nitrogens with one attached hydrogen (secondary N) is 2. The Morgan fingerprint density at radius 2 is 1.64 bits per heavy atom. The molecule has 28 heavy (non-hydrogen) atoms. The zero-order valence-corrected chi connectivity index (χ0v) is 16.0. The fourth-order valence-corrected chi connectivity index (χ4v) is 2.59. The molecule has 0 saturated carbocycles. The molecule has 2 aromatic rings. The highest BCUT2D eigenvalue weighted by Gasteiger charge is 2.26. The Labute approximate surface area is 163 Å². The Morgan fingerprint density at radius 1 is 0.964 bits per heavy atom. The Balaban J connectivity index is 1.95. The van der Waals surface area contributed by atoms with Crippen molar-refractivity contribution in [3.63, 3.8) is 0 Å². The van der Waals surface area contributed by atoms with Gasteiger partial charge in [0.2, 0.25) is 5.91 Å². The van der Waals surface area contributed by atoms with Crippen molar-refractivity contribution < 1.29 is 23.1 Å². The normalized spacial score (nSPS) is 12.9. The summed E-state index contributed by atoms with van der Waals surface area (Å²) in [5, 5.41) is 5.26. The van der Waals surface area contributed by atoms with Gasteiger partial charge in [-0.15, -0.1) is 0 Å². The maximum absolute atomic E-state index is 13.4. The average molecular weight is 390 g/mol. The number of carbonyl (C=O) groups is 2. The topological polar surface area (TPSA) is 67.4 Å². The van der Waals surface area contributed by atoms with Gasteiger partial charge in [-0.05, 0) is 36.1 Å². The third-order valence-electron chi connectivity index (χ3n) is 4.24. The molecule has 2 aromatic carbocycles. The molecule has 0 radical (unpaired) electrons. The van der Waals surface area contributed by atoms with Crippen LogP contribution in [-0.2, 0) is 16.1 Å². The van der Waals surface area contributed by atoms with Crippen molar-refractivity contribution in [1.29, 1.82) is 0 Å². The van der Waals surface area contributed by atoms with Crippen LogP contribution in [0.5, 0.6) is 0 Å². The van der Waals surface area contributed by atoms with Gasteiger partial charge in [-0.3, -0.25) is 4.79 Å². The molecule has 5 nitrogen and oxygen atoms in total. The van der Waals surface area contributed by atoms with Crippen LogP contribution >= 0.6 is 0 Å². The third-order valence-corrected chi connectivity index (χ3v) is 4.24. The minimum atomic E-state index is -0.985. The highest BCUT2D eigenvalue weighted by molar-refractivity contribution is 5.86. The SMILES string of the molecule is CC(NC(=O)C(NC(=O)OCc1ccccc1)C(C)C)c1ccc(F)c(F)c1. The molecule has 0 heterocycles. The lowest BCUT2D eigenvalue weighted by molar-refractivity contribution is -0.124. The standard InChI is InChI=1S/C21H24F2N2O3/c1-13(2)19(25-21(27)28-12-15-7-5-4-6-8-15)20(26)24-14(3)16-9-10-17(22)18(23)11-16/h4-11,13-14,19H,12H2,1-3H3,(H,24,26)(H,25,27). The molecule has 7 heteroatoms. The first-order valence-electron chi connectivity index (χ1n) is 9.00. The number of hydrogen-bond donors (Lipinski definition) is 2. The summed E-state index contributed by atoms with van der Waals surface area (Å²) in [5.41, 5.74) is 1.25. The van der Waals surface area contributed by atoms with E-state index in [1.807, 2.05) is 30.3 Å². The van der Waals surface area contributed by atoms with Crippen LogP contribution in [0, 0.1) is 17.6 Å². The molecule has 0 fully saturated rings. The van der Waals surface area contributed by atoms with E-state index in [-0.39, 0.29) is 12.5 Å². The van der Waals surface area contributed by atoms with E-state index in [0.717, 1.165) is 17.7 Å². The second kappa shape index (κ2) is 9.82. The minimum Gasteiger partial charge on any atom is -0.445 e. The van der Waals surface area contributed by atoms with E-state index in [1.165, 1.54) is 6.07 Å². The number of ether oxygens (including phenoxy) is 1. The third kappa shape index (κ3) is 6.04. The number of amides is 2. The zero-order chi connectivity index (χ0) is 20.7. The van der Waals surface area contributed by atoms with Crippen molar-refractivity contribution in [2.45, 2.75) is 39.5 Å². The van der Waals surface area contributed by atoms with E-state index in [2.05, 4.69) is 10.6 Å². The molecule has 2 rings (SSSR count). The van der Waals surface area contributed by atoms with E-state index >= 15 is 0 Å². The second-order valence-corrected chi connectivity index (χ2v) is 6.83. The first-order chi connectivity index (χ1) is 13.3. The molecule has 2 N–H and O–H groups in total. The summed E-state index contributed by atoms with van der Waals surface area (Å²) in [6, 6.07) is 11.2. The van der Waals surface area contributed by atoms with Crippen LogP contribution in [0.2, 0.25) is 0 Å². The molecular formula is C21H24F2N2O3. The Hall–Kier alpha value is -2.96. The number of halogens is 2. The monoisotopic (exact) mass is 390 g/mol. The van der Waals surface area contributed by atoms with Crippen LogP contribution in [-0.4, -0.2) is 18.0 Å². The molecule has 0 aromatic heterocycles. The minimum absolute atomic E-state index is 0.0877. The molecule has 2 atom stereocenters. The molecule has 0 aliphatic rings. The maximum Gasteiger partial charge on any atom is 0.408 e. The van der Waals surface area contributed by atoms with E-state index in [9.17, 15) is 18.4 Å². The quantitative estimate of drug-likeness (QED) is 0.748. The van der Waals surface area contributed by atoms with Crippen molar-refractivity contribution in [3.05, 3.63) is 71.3 Å². The lowest BCUT2D eigenvalue weighted by Crippen LogP contribution is -2.50. The number of alkyl carbamates (subject to hydrolysis) is 1. The Bertz CT molecular complexity index is 813. The van der Waals surface area contributed by atoms with Gasteiger partial charge in [-0.2, -0.15) is 0 Å². The van der Waals surface area contributed by atoms with Gasteiger partial charge in [0.25, 0.3) is 0 Å². The van der Waals surface area contributed by atoms with Crippen LogP contribution in [0.1, 0.15) is 37.9 Å². The molecule has 0 bridgehead atoms. The van der Waals surface area contributed by atoms with Crippen LogP contribution in [0.3, 0.4) is 0 Å². The van der Waals surface area contributed by atoms with Gasteiger partial charge in [0.15, 0.2) is 11.6 Å². The smallest absolute Gasteiger partial charge is 0.408 e. The largest absolute Gasteiger partial charge is 0.445 e. The van der Waals surface area contributed by atoms with Gasteiger partial charge in [0, 0.05) is 0 Å². The molecule has 0 aliphatic heterocycles. The summed E-state index contributed by atoms with van der Waals surface area (Å²) in [4.78, 5) is 24.6. The van der Waals surface area contributed by atoms with Gasteiger partial charge >= 0.3 is 6.09 Å². The number of carbonyl (C=O) groups excluding carboxylic acids is 2. The maximum atomic E-state index is 13.4. The van der Waals surface area contributed by atoms with Gasteiger partial charge < -0.3 is 15.4 Å². The van der Waals surface area contributed by atoms with Gasteiger partial charge in [0.05, 0.1) is 6.04 Å². The number of rotatable bonds is 7. The summed E-state index contributed by atoms with van der Waals surface area (Å²) in [6.07, 6.45) is -0.710. The van der Waals surface area contributed by atoms with Crippen molar-refractivity contribution in [3.8, 4) is 0 Å². The molecular weight excluding hydrogens is 366 g/mol. The lowest BCUT2D eigenvalue weighted by atomic mass is 10.0. The number of benzene rings is 2. The fraction of sp³-hybridized carbons (Fsp3) is 0.333. The van der Waals surface area contributed by atoms with E-state index in [4.69, 9.17) is 4.74 Å². The summed E-state index contributed by atoms with van der Waals surface area (Å²) < 4.78 is 31.6. The second-order valence-electron chi connectivity index (χ2n) is 6.83. The van der Waals surface area contributed by atoms with E-state index < -0.39 is 35.7 Å². The van der Waals surface area contributed by atoms with Crippen LogP contribution in [0.25, 0.3) is 0 Å². The molecule has 0 saturated heterocycles. The van der Waals surface area contributed by atoms with Crippen molar-refractivity contribution in [2.75, 3.05) is 0 Å². The fourth-order valence-electron chi connectivity index (χ4n) is 2.59. The predicted molar refractivity (Wildman–Crippen MR) is 101 cm³/mol. The Morgan fingerprint density at radius 3 is 2.25 bits per heavy atom. The molecule has 2 amide bonds. The zero-order valence-electron chi connectivity index (χ0n) is 16.0. The molecule has 150 valence electrons. The summed E-state index contributed by atoms with van der Waals surface area (Å²) in [7, 11) is 0. The van der Waals surface area contributed by atoms with Crippen molar-refractivity contribution in [2.24, 2.45) is 5.92 Å². The van der Waals surface area contributed by atoms with Gasteiger partial charge in [0.1, 0.15) is 12.6 Å². The summed E-state index contributed by atoms with van der Waals surface area (Å²) in [6.45, 7) is 5.30. The average Bonchev–Trinajstić information content (AvgIpc) is 2.67. The highest BCUT2D eigenvalue weighted by Crippen LogP contribution is 2.16. The van der Waals surface area contributed by atoms with Crippen molar-refractivity contribution in [1.82, 2.24) is 10.6 Å². The predicted octanol–water partition coefficient (Wildman–Crippen LogP) is 4.09. The Kier molecular flexibility index (Phi) is 7.49. The van der Waals surface area contributed by atoms with Crippen LogP contribution in [0.4, 0.5) is 13.6 Å². The molecule has 0 aliphatic carbocycles. The lowest BCUT2D eigenvalue weighted by Gasteiger charge is -2.24. The number of hydrogen-bond acceptors (Lipinski definition) is 3. The summed E-state index contributed by atoms with van der Waals surface area (Å²) >= 11 is 0. The van der Waals surface area contributed by atoms with Crippen LogP contribution in [0.15, 0.2) is 48.5 Å². The van der Waals surface area contributed by atoms with Crippen LogP contribution < -0.4 is 10.6 Å².